The average Bonchev–Trinajstić information content (AvgIpc) is 3.37. The summed E-state index contributed by atoms with van der Waals surface area (Å²) < 4.78 is 2.22. The van der Waals surface area contributed by atoms with Crippen LogP contribution in [-0.4, -0.2) is 53.6 Å². The first-order chi connectivity index (χ1) is 20.5. The van der Waals surface area contributed by atoms with Crippen LogP contribution in [0.25, 0.3) is 11.0 Å². The van der Waals surface area contributed by atoms with E-state index in [1.165, 1.54) is 17.3 Å². The number of para-hydroxylation sites is 2. The predicted octanol–water partition coefficient (Wildman–Crippen LogP) is 5.85. The number of carbonyl (C=O) groups excluding carboxylic acids is 2. The molecule has 42 heavy (non-hydrogen) atoms. The summed E-state index contributed by atoms with van der Waals surface area (Å²) in [5, 5.41) is 4.53. The standard InChI is InChI=1S/C33H30ClN5O2S/c34-26-10-6-9-25(21-26)32(41)38-19-17-37(18-20-38)28-15-13-27(14-16-28)35-31(40)23-42-33-36-29-11-4-5-12-30(29)39(33)22-24-7-2-1-3-8-24/h1-16,21H,17-20,22-23H2,(H,35,40)/p+1. The second-order valence-corrected chi connectivity index (χ2v) is 11.6. The highest BCUT2D eigenvalue weighted by Crippen LogP contribution is 2.22. The van der Waals surface area contributed by atoms with E-state index in [-0.39, 0.29) is 17.6 Å². The Morgan fingerprint density at radius 1 is 0.857 bits per heavy atom. The smallest absolute Gasteiger partial charge is 0.317 e. The lowest BCUT2D eigenvalue weighted by Gasteiger charge is -2.36. The van der Waals surface area contributed by atoms with Gasteiger partial charge in [0.05, 0.1) is 5.75 Å². The number of thioether (sulfide) groups is 1. The highest BCUT2D eigenvalue weighted by Gasteiger charge is 2.23. The van der Waals surface area contributed by atoms with Gasteiger partial charge < -0.3 is 15.1 Å². The summed E-state index contributed by atoms with van der Waals surface area (Å²) in [6.45, 7) is 3.47. The van der Waals surface area contributed by atoms with Crippen LogP contribution in [0, 0.1) is 0 Å². The molecule has 9 heteroatoms. The van der Waals surface area contributed by atoms with E-state index in [2.05, 4.69) is 44.0 Å². The van der Waals surface area contributed by atoms with Crippen molar-refractivity contribution in [3.63, 3.8) is 0 Å². The van der Waals surface area contributed by atoms with Gasteiger partial charge in [-0.2, -0.15) is 0 Å². The van der Waals surface area contributed by atoms with Crippen molar-refractivity contribution in [1.82, 2.24) is 9.88 Å². The molecule has 1 aliphatic rings. The van der Waals surface area contributed by atoms with Crippen LogP contribution in [0.5, 0.6) is 0 Å². The van der Waals surface area contributed by atoms with E-state index in [4.69, 9.17) is 11.6 Å². The van der Waals surface area contributed by atoms with Crippen molar-refractivity contribution >= 4 is 57.6 Å². The maximum atomic E-state index is 12.9. The zero-order chi connectivity index (χ0) is 28.9. The summed E-state index contributed by atoms with van der Waals surface area (Å²) in [5.41, 5.74) is 5.79. The Bertz CT molecular complexity index is 1700. The summed E-state index contributed by atoms with van der Waals surface area (Å²) in [6.07, 6.45) is 0. The number of halogens is 1. The largest absolute Gasteiger partial charge is 0.368 e. The maximum Gasteiger partial charge on any atom is 0.317 e. The van der Waals surface area contributed by atoms with Gasteiger partial charge in [-0.25, -0.2) is 9.55 Å². The molecule has 1 saturated heterocycles. The molecule has 2 amide bonds. The van der Waals surface area contributed by atoms with Crippen LogP contribution < -0.4 is 14.8 Å². The van der Waals surface area contributed by atoms with E-state index in [1.54, 1.807) is 24.3 Å². The minimum absolute atomic E-state index is 0.00566. The monoisotopic (exact) mass is 596 g/mol. The van der Waals surface area contributed by atoms with Crippen LogP contribution in [0.15, 0.2) is 108 Å². The number of piperazine rings is 1. The topological polar surface area (TPSA) is 72.3 Å². The Kier molecular flexibility index (Phi) is 8.44. The lowest BCUT2D eigenvalue weighted by Crippen LogP contribution is -2.48. The SMILES string of the molecule is O=C(CSc1[nH]c2ccccc2[n+]1Cc1ccccc1)Nc1ccc(N2CCN(C(=O)c3cccc(Cl)c3)CC2)cc1. The maximum absolute atomic E-state index is 12.9. The van der Waals surface area contributed by atoms with Crippen molar-refractivity contribution in [3.05, 3.63) is 119 Å². The van der Waals surface area contributed by atoms with E-state index >= 15 is 0 Å². The Hall–Kier alpha value is -4.27. The Labute approximate surface area is 254 Å². The number of H-pyrrole nitrogens is 1. The quantitative estimate of drug-likeness (QED) is 0.174. The van der Waals surface area contributed by atoms with Crippen LogP contribution in [0.4, 0.5) is 11.4 Å². The van der Waals surface area contributed by atoms with Gasteiger partial charge in [-0.05, 0) is 71.9 Å². The van der Waals surface area contributed by atoms with Gasteiger partial charge in [0.25, 0.3) is 5.91 Å². The van der Waals surface area contributed by atoms with Crippen LogP contribution in [0.3, 0.4) is 0 Å². The molecule has 0 atom stereocenters. The Balaban J connectivity index is 1.03. The van der Waals surface area contributed by atoms with Crippen molar-refractivity contribution < 1.29 is 14.2 Å². The predicted molar refractivity (Wildman–Crippen MR) is 169 cm³/mol. The number of carbonyl (C=O) groups is 2. The molecule has 1 aromatic heterocycles. The number of nitrogens with one attached hydrogen (secondary N) is 2. The van der Waals surface area contributed by atoms with Crippen molar-refractivity contribution in [2.45, 2.75) is 11.7 Å². The van der Waals surface area contributed by atoms with E-state index < -0.39 is 0 Å². The number of imidazole rings is 1. The first-order valence-electron chi connectivity index (χ1n) is 13.9. The van der Waals surface area contributed by atoms with Gasteiger partial charge >= 0.3 is 5.16 Å². The fourth-order valence-electron chi connectivity index (χ4n) is 5.20. The van der Waals surface area contributed by atoms with Gasteiger partial charge in [-0.15, -0.1) is 0 Å². The van der Waals surface area contributed by atoms with Crippen molar-refractivity contribution in [2.24, 2.45) is 0 Å². The highest BCUT2D eigenvalue weighted by atomic mass is 35.5. The van der Waals surface area contributed by atoms with E-state index in [0.29, 0.717) is 23.7 Å². The normalized spacial score (nSPS) is 13.4. The fourth-order valence-corrected chi connectivity index (χ4v) is 6.23. The zero-order valence-electron chi connectivity index (χ0n) is 23.0. The third kappa shape index (κ3) is 6.45. The van der Waals surface area contributed by atoms with Crippen LogP contribution in [-0.2, 0) is 11.3 Å². The molecule has 0 bridgehead atoms. The molecule has 1 aliphatic heterocycles. The van der Waals surface area contributed by atoms with E-state index in [0.717, 1.165) is 47.2 Å². The van der Waals surface area contributed by atoms with Gasteiger partial charge in [-0.3, -0.25) is 9.59 Å². The second kappa shape index (κ2) is 12.7. The number of hydrogen-bond acceptors (Lipinski definition) is 4. The van der Waals surface area contributed by atoms with Crippen LogP contribution in [0.2, 0.25) is 5.02 Å². The molecule has 6 rings (SSSR count). The summed E-state index contributed by atoms with van der Waals surface area (Å²) in [4.78, 5) is 33.3. The number of amides is 2. The van der Waals surface area contributed by atoms with Gasteiger partial charge in [-0.1, -0.05) is 60.1 Å². The number of anilines is 2. The average molecular weight is 597 g/mol. The molecular weight excluding hydrogens is 566 g/mol. The molecule has 4 aromatic carbocycles. The van der Waals surface area contributed by atoms with Crippen molar-refractivity contribution in [3.8, 4) is 0 Å². The third-order valence-electron chi connectivity index (χ3n) is 7.36. The second-order valence-electron chi connectivity index (χ2n) is 10.2. The molecule has 212 valence electrons. The van der Waals surface area contributed by atoms with Crippen LogP contribution >= 0.6 is 23.4 Å². The highest BCUT2D eigenvalue weighted by molar-refractivity contribution is 7.99. The number of nitrogens with zero attached hydrogens (tertiary/aromatic N) is 3. The van der Waals surface area contributed by atoms with Crippen molar-refractivity contribution in [2.75, 3.05) is 42.1 Å². The molecule has 7 nitrogen and oxygen atoms in total. The fraction of sp³-hybridized carbons (Fsp3) is 0.182. The van der Waals surface area contributed by atoms with E-state index in [9.17, 15) is 9.59 Å². The molecule has 0 spiro atoms. The number of fused-ring (bicyclic) bond motifs is 1. The molecule has 0 radical (unpaired) electrons. The number of rotatable bonds is 8. The van der Waals surface area contributed by atoms with Crippen LogP contribution in [0.1, 0.15) is 15.9 Å². The lowest BCUT2D eigenvalue weighted by atomic mass is 10.1. The molecule has 0 unspecified atom stereocenters. The molecule has 5 aromatic rings. The summed E-state index contributed by atoms with van der Waals surface area (Å²) >= 11 is 7.56. The molecular formula is C33H31ClN5O2S+. The number of aromatic amines is 1. The number of benzene rings is 4. The number of aromatic nitrogens is 2. The first kappa shape index (κ1) is 27.9. The van der Waals surface area contributed by atoms with Gasteiger partial charge in [0.2, 0.25) is 5.91 Å². The van der Waals surface area contributed by atoms with E-state index in [1.807, 2.05) is 59.5 Å². The lowest BCUT2D eigenvalue weighted by molar-refractivity contribution is -0.700. The molecule has 0 saturated carbocycles. The van der Waals surface area contributed by atoms with Gasteiger partial charge in [0.1, 0.15) is 6.54 Å². The molecule has 1 fully saturated rings. The summed E-state index contributed by atoms with van der Waals surface area (Å²) in [5.74, 6) is 0.225. The Morgan fingerprint density at radius 3 is 2.36 bits per heavy atom. The summed E-state index contributed by atoms with van der Waals surface area (Å²) in [6, 6.07) is 33.5. The summed E-state index contributed by atoms with van der Waals surface area (Å²) in [7, 11) is 0. The zero-order valence-corrected chi connectivity index (χ0v) is 24.6. The third-order valence-corrected chi connectivity index (χ3v) is 8.60. The Morgan fingerprint density at radius 2 is 1.60 bits per heavy atom. The minimum atomic E-state index is -0.0641. The molecule has 0 aliphatic carbocycles. The minimum Gasteiger partial charge on any atom is -0.368 e. The van der Waals surface area contributed by atoms with Gasteiger partial charge in [0, 0.05) is 48.1 Å². The molecule has 2 N–H and O–H groups in total. The number of hydrogen-bond donors (Lipinski definition) is 2. The first-order valence-corrected chi connectivity index (χ1v) is 15.3. The van der Waals surface area contributed by atoms with Crippen molar-refractivity contribution in [1.29, 1.82) is 0 Å². The van der Waals surface area contributed by atoms with Gasteiger partial charge in [0.15, 0.2) is 11.0 Å². The molecule has 2 heterocycles.